The summed E-state index contributed by atoms with van der Waals surface area (Å²) in [6, 6.07) is 1.83. The Balaban J connectivity index is 1.88. The summed E-state index contributed by atoms with van der Waals surface area (Å²) in [7, 11) is 1.71. The highest BCUT2D eigenvalue weighted by molar-refractivity contribution is 9.11. The number of rotatable bonds is 4. The molecule has 0 spiro atoms. The number of ether oxygens (including phenoxy) is 1. The Bertz CT molecular complexity index is 382. The van der Waals surface area contributed by atoms with E-state index in [0.29, 0.717) is 12.1 Å². The second-order valence-electron chi connectivity index (χ2n) is 4.06. The van der Waals surface area contributed by atoms with E-state index in [4.69, 9.17) is 4.74 Å². The van der Waals surface area contributed by atoms with Crippen LogP contribution in [0.15, 0.2) is 15.2 Å². The Labute approximate surface area is 107 Å². The normalized spacial score (nSPS) is 17.9. The van der Waals surface area contributed by atoms with Crippen molar-refractivity contribution in [3.63, 3.8) is 0 Å². The molecule has 0 radical (unpaired) electrons. The minimum atomic E-state index is -0.108. The molecular formula is C11H14BrNO2S. The first-order valence-corrected chi connectivity index (χ1v) is 6.90. The van der Waals surface area contributed by atoms with Gasteiger partial charge in [-0.25, -0.2) is 0 Å². The van der Waals surface area contributed by atoms with Crippen LogP contribution in [0.4, 0.5) is 0 Å². The second kappa shape index (κ2) is 4.85. The highest BCUT2D eigenvalue weighted by Crippen LogP contribution is 2.34. The molecule has 1 heterocycles. The Hall–Kier alpha value is -0.390. The molecule has 0 bridgehead atoms. The summed E-state index contributed by atoms with van der Waals surface area (Å²) in [6.07, 6.45) is 3.27. The van der Waals surface area contributed by atoms with Crippen molar-refractivity contribution >= 4 is 33.2 Å². The van der Waals surface area contributed by atoms with Crippen LogP contribution < -0.4 is 5.32 Å². The van der Waals surface area contributed by atoms with Crippen molar-refractivity contribution in [3.05, 3.63) is 20.8 Å². The lowest BCUT2D eigenvalue weighted by atomic mass is 9.80. The van der Waals surface area contributed by atoms with Gasteiger partial charge >= 0.3 is 0 Å². The quantitative estimate of drug-likeness (QED) is 0.929. The van der Waals surface area contributed by atoms with E-state index in [9.17, 15) is 4.79 Å². The molecule has 1 amide bonds. The van der Waals surface area contributed by atoms with E-state index in [1.807, 2.05) is 11.4 Å². The molecule has 1 fully saturated rings. The number of halogens is 1. The van der Waals surface area contributed by atoms with Gasteiger partial charge in [-0.3, -0.25) is 4.79 Å². The Kier molecular flexibility index (Phi) is 3.66. The lowest BCUT2D eigenvalue weighted by Gasteiger charge is -2.40. The number of hydrogen-bond acceptors (Lipinski definition) is 3. The van der Waals surface area contributed by atoms with Gasteiger partial charge in [0, 0.05) is 19.0 Å². The third-order valence-electron chi connectivity index (χ3n) is 3.10. The average molecular weight is 304 g/mol. The average Bonchev–Trinajstić information content (AvgIpc) is 2.64. The van der Waals surface area contributed by atoms with Gasteiger partial charge < -0.3 is 10.1 Å². The van der Waals surface area contributed by atoms with E-state index >= 15 is 0 Å². The van der Waals surface area contributed by atoms with Crippen molar-refractivity contribution in [2.75, 3.05) is 13.7 Å². The van der Waals surface area contributed by atoms with Crippen molar-refractivity contribution in [1.82, 2.24) is 5.32 Å². The van der Waals surface area contributed by atoms with Gasteiger partial charge in [-0.1, -0.05) is 0 Å². The topological polar surface area (TPSA) is 38.3 Å². The maximum Gasteiger partial charge on any atom is 0.252 e. The van der Waals surface area contributed by atoms with Crippen LogP contribution in [0.2, 0.25) is 0 Å². The summed E-state index contributed by atoms with van der Waals surface area (Å²) >= 11 is 4.86. The minimum Gasteiger partial charge on any atom is -0.376 e. The first kappa shape index (κ1) is 12.1. The Morgan fingerprint density at radius 1 is 1.69 bits per heavy atom. The van der Waals surface area contributed by atoms with Crippen molar-refractivity contribution in [2.24, 2.45) is 0 Å². The molecule has 0 saturated heterocycles. The maximum absolute atomic E-state index is 11.8. The fraction of sp³-hybridized carbons (Fsp3) is 0.545. The summed E-state index contributed by atoms with van der Waals surface area (Å²) in [6.45, 7) is 0.607. The number of methoxy groups -OCH3 is 1. The van der Waals surface area contributed by atoms with Crippen LogP contribution in [0.25, 0.3) is 0 Å². The predicted molar refractivity (Wildman–Crippen MR) is 67.9 cm³/mol. The highest BCUT2D eigenvalue weighted by atomic mass is 79.9. The minimum absolute atomic E-state index is 0.0229. The maximum atomic E-state index is 11.8. The molecule has 0 aliphatic heterocycles. The van der Waals surface area contributed by atoms with E-state index in [1.54, 1.807) is 7.11 Å². The molecule has 88 valence electrons. The third-order valence-corrected chi connectivity index (χ3v) is 4.60. The van der Waals surface area contributed by atoms with E-state index in [1.165, 1.54) is 17.8 Å². The van der Waals surface area contributed by atoms with Crippen LogP contribution in [0, 0.1) is 0 Å². The van der Waals surface area contributed by atoms with E-state index in [0.717, 1.165) is 16.6 Å². The Morgan fingerprint density at radius 3 is 2.88 bits per heavy atom. The molecule has 1 aliphatic rings. The molecule has 1 aliphatic carbocycles. The van der Waals surface area contributed by atoms with Gasteiger partial charge in [0.25, 0.3) is 5.91 Å². The Morgan fingerprint density at radius 2 is 2.44 bits per heavy atom. The van der Waals surface area contributed by atoms with Crippen molar-refractivity contribution in [1.29, 1.82) is 0 Å². The molecule has 1 aromatic rings. The van der Waals surface area contributed by atoms with Crippen LogP contribution in [0.3, 0.4) is 0 Å². The van der Waals surface area contributed by atoms with Gasteiger partial charge in [0.05, 0.1) is 15.0 Å². The van der Waals surface area contributed by atoms with Crippen molar-refractivity contribution < 1.29 is 9.53 Å². The zero-order chi connectivity index (χ0) is 11.6. The first-order valence-electron chi connectivity index (χ1n) is 5.23. The molecule has 1 aromatic heterocycles. The van der Waals surface area contributed by atoms with Gasteiger partial charge in [0.1, 0.15) is 0 Å². The highest BCUT2D eigenvalue weighted by Gasteiger charge is 2.37. The molecule has 3 nitrogen and oxygen atoms in total. The number of hydrogen-bond donors (Lipinski definition) is 1. The van der Waals surface area contributed by atoms with Gasteiger partial charge in [-0.05, 0) is 41.3 Å². The van der Waals surface area contributed by atoms with E-state index < -0.39 is 0 Å². The molecule has 0 unspecified atom stereocenters. The van der Waals surface area contributed by atoms with Crippen LogP contribution in [-0.2, 0) is 4.74 Å². The van der Waals surface area contributed by atoms with Crippen LogP contribution in [0.5, 0.6) is 0 Å². The summed E-state index contributed by atoms with van der Waals surface area (Å²) < 4.78 is 6.42. The fourth-order valence-corrected chi connectivity index (χ4v) is 2.93. The van der Waals surface area contributed by atoms with E-state index in [-0.39, 0.29) is 11.5 Å². The van der Waals surface area contributed by atoms with Crippen molar-refractivity contribution in [2.45, 2.75) is 24.9 Å². The molecule has 2 rings (SSSR count). The van der Waals surface area contributed by atoms with Crippen LogP contribution >= 0.6 is 27.3 Å². The molecule has 16 heavy (non-hydrogen) atoms. The number of carbonyl (C=O) groups is 1. The van der Waals surface area contributed by atoms with Gasteiger partial charge in [-0.15, -0.1) is 11.3 Å². The molecule has 0 aromatic carbocycles. The molecule has 1 saturated carbocycles. The zero-order valence-electron chi connectivity index (χ0n) is 9.09. The lowest BCUT2D eigenvalue weighted by Crippen LogP contribution is -2.49. The lowest BCUT2D eigenvalue weighted by molar-refractivity contribution is -0.0679. The summed E-state index contributed by atoms with van der Waals surface area (Å²) in [5.41, 5.74) is 0.602. The number of carbonyl (C=O) groups excluding carboxylic acids is 1. The molecule has 0 atom stereocenters. The van der Waals surface area contributed by atoms with Crippen molar-refractivity contribution in [3.8, 4) is 0 Å². The van der Waals surface area contributed by atoms with E-state index in [2.05, 4.69) is 21.2 Å². The summed E-state index contributed by atoms with van der Waals surface area (Å²) in [4.78, 5) is 11.8. The third kappa shape index (κ3) is 2.47. The van der Waals surface area contributed by atoms with Crippen LogP contribution in [0.1, 0.15) is 29.6 Å². The zero-order valence-corrected chi connectivity index (χ0v) is 11.5. The second-order valence-corrected chi connectivity index (χ2v) is 6.35. The van der Waals surface area contributed by atoms with Gasteiger partial charge in [-0.2, -0.15) is 0 Å². The SMILES string of the molecule is COC1(CNC(=O)c2csc(Br)c2)CCC1. The molecule has 1 N–H and O–H groups in total. The standard InChI is InChI=1S/C11H14BrNO2S/c1-15-11(3-2-4-11)7-13-10(14)8-5-9(12)16-6-8/h5-6H,2-4,7H2,1H3,(H,13,14). The first-order chi connectivity index (χ1) is 7.65. The van der Waals surface area contributed by atoms with Gasteiger partial charge in [0.15, 0.2) is 0 Å². The fourth-order valence-electron chi connectivity index (χ4n) is 1.80. The number of amides is 1. The summed E-state index contributed by atoms with van der Waals surface area (Å²) in [5.74, 6) is -0.0229. The molecular weight excluding hydrogens is 290 g/mol. The van der Waals surface area contributed by atoms with Gasteiger partial charge in [0.2, 0.25) is 0 Å². The molecule has 5 heteroatoms. The number of nitrogens with one attached hydrogen (secondary N) is 1. The largest absolute Gasteiger partial charge is 0.376 e. The summed E-state index contributed by atoms with van der Waals surface area (Å²) in [5, 5.41) is 4.77. The predicted octanol–water partition coefficient (Wildman–Crippen LogP) is 2.81. The smallest absolute Gasteiger partial charge is 0.252 e. The monoisotopic (exact) mass is 303 g/mol. The number of thiophene rings is 1. The van der Waals surface area contributed by atoms with Crippen LogP contribution in [-0.4, -0.2) is 25.2 Å².